The van der Waals surface area contributed by atoms with Gasteiger partial charge in [-0.2, -0.15) is 0 Å². The molecule has 0 aromatic heterocycles. The summed E-state index contributed by atoms with van der Waals surface area (Å²) in [6, 6.07) is 8.30. The van der Waals surface area contributed by atoms with Crippen LogP contribution in [0.4, 0.5) is 10.1 Å². The number of hydrogen-bond acceptors (Lipinski definition) is 2. The van der Waals surface area contributed by atoms with E-state index in [0.29, 0.717) is 22.5 Å². The van der Waals surface area contributed by atoms with Crippen LogP contribution in [0.2, 0.25) is 0 Å². The molecule has 0 aliphatic heterocycles. The Kier molecular flexibility index (Phi) is 4.86. The molecule has 0 amide bonds. The maximum absolute atomic E-state index is 13.1. The monoisotopic (exact) mass is 451 g/mol. The topological polar surface area (TPSA) is 35.2 Å². The molecule has 0 aliphatic rings. The first-order valence-electron chi connectivity index (χ1n) is 5.28. The van der Waals surface area contributed by atoms with E-state index >= 15 is 0 Å². The minimum Gasteiger partial charge on any atom is -0.487 e. The van der Waals surface area contributed by atoms with E-state index < -0.39 is 0 Å². The molecule has 2 N–H and O–H groups in total. The second-order valence-electron chi connectivity index (χ2n) is 3.85. The van der Waals surface area contributed by atoms with Crippen LogP contribution in [-0.2, 0) is 6.61 Å². The molecule has 100 valence electrons. The highest BCUT2D eigenvalue weighted by Gasteiger charge is 2.09. The van der Waals surface area contributed by atoms with Gasteiger partial charge in [-0.1, -0.05) is 6.07 Å². The zero-order chi connectivity index (χ0) is 14.0. The number of rotatable bonds is 3. The highest BCUT2D eigenvalue weighted by atomic mass is 79.9. The Morgan fingerprint density at radius 2 is 1.63 bits per heavy atom. The minimum atomic E-state index is -0.293. The summed E-state index contributed by atoms with van der Waals surface area (Å²) in [6.45, 7) is 0.333. The summed E-state index contributed by atoms with van der Waals surface area (Å²) < 4.78 is 20.8. The van der Waals surface area contributed by atoms with Crippen molar-refractivity contribution in [2.24, 2.45) is 0 Å². The summed E-state index contributed by atoms with van der Waals surface area (Å²) >= 11 is 9.93. The van der Waals surface area contributed by atoms with E-state index in [1.807, 2.05) is 0 Å². The molecule has 0 fully saturated rings. The first-order chi connectivity index (χ1) is 8.97. The third kappa shape index (κ3) is 3.70. The van der Waals surface area contributed by atoms with Crippen molar-refractivity contribution < 1.29 is 9.13 Å². The molecule has 2 aromatic rings. The van der Waals surface area contributed by atoms with E-state index in [-0.39, 0.29) is 5.82 Å². The van der Waals surface area contributed by atoms with Crippen LogP contribution in [0.15, 0.2) is 43.7 Å². The molecule has 0 bridgehead atoms. The van der Waals surface area contributed by atoms with Gasteiger partial charge >= 0.3 is 0 Å². The average molecular weight is 454 g/mol. The van der Waals surface area contributed by atoms with E-state index in [2.05, 4.69) is 47.8 Å². The highest BCUT2D eigenvalue weighted by molar-refractivity contribution is 9.11. The van der Waals surface area contributed by atoms with Crippen molar-refractivity contribution in [1.82, 2.24) is 0 Å². The Hall–Kier alpha value is -0.590. The molecule has 0 radical (unpaired) electrons. The fourth-order valence-corrected chi connectivity index (χ4v) is 3.38. The van der Waals surface area contributed by atoms with E-state index in [9.17, 15) is 4.39 Å². The summed E-state index contributed by atoms with van der Waals surface area (Å²) in [4.78, 5) is 0. The van der Waals surface area contributed by atoms with Crippen LogP contribution in [0.25, 0.3) is 0 Å². The first-order valence-corrected chi connectivity index (χ1v) is 7.66. The van der Waals surface area contributed by atoms with Crippen LogP contribution < -0.4 is 10.5 Å². The van der Waals surface area contributed by atoms with Crippen molar-refractivity contribution in [3.8, 4) is 5.75 Å². The van der Waals surface area contributed by atoms with Crippen molar-refractivity contribution >= 4 is 53.5 Å². The molecule has 2 rings (SSSR count). The SMILES string of the molecule is Nc1cc(Br)c(OCc2ccc(F)c(Br)c2)c(Br)c1. The molecule has 2 aromatic carbocycles. The molecule has 2 nitrogen and oxygen atoms in total. The summed E-state index contributed by atoms with van der Waals surface area (Å²) in [5.41, 5.74) is 7.21. The minimum absolute atomic E-state index is 0.293. The quantitative estimate of drug-likeness (QED) is 0.642. The van der Waals surface area contributed by atoms with Crippen LogP contribution >= 0.6 is 47.8 Å². The van der Waals surface area contributed by atoms with Crippen molar-refractivity contribution in [2.75, 3.05) is 5.73 Å². The van der Waals surface area contributed by atoms with Crippen molar-refractivity contribution in [2.45, 2.75) is 6.61 Å². The third-order valence-electron chi connectivity index (χ3n) is 2.39. The zero-order valence-corrected chi connectivity index (χ0v) is 14.3. The number of ether oxygens (including phenoxy) is 1. The summed E-state index contributed by atoms with van der Waals surface area (Å²) in [7, 11) is 0. The van der Waals surface area contributed by atoms with Crippen LogP contribution in [0.5, 0.6) is 5.75 Å². The number of hydrogen-bond donors (Lipinski definition) is 1. The maximum Gasteiger partial charge on any atom is 0.148 e. The largest absolute Gasteiger partial charge is 0.487 e. The Bertz CT molecular complexity index is 596. The maximum atomic E-state index is 13.1. The van der Waals surface area contributed by atoms with E-state index in [0.717, 1.165) is 14.5 Å². The Morgan fingerprint density at radius 1 is 1.00 bits per heavy atom. The molecule has 6 heteroatoms. The summed E-state index contributed by atoms with van der Waals surface area (Å²) in [5.74, 6) is 0.369. The van der Waals surface area contributed by atoms with Gasteiger partial charge in [0.1, 0.15) is 18.2 Å². The lowest BCUT2D eigenvalue weighted by Crippen LogP contribution is -1.98. The van der Waals surface area contributed by atoms with Gasteiger partial charge in [-0.15, -0.1) is 0 Å². The van der Waals surface area contributed by atoms with Crippen molar-refractivity contribution in [3.63, 3.8) is 0 Å². The molecule has 0 heterocycles. The molecule has 0 saturated heterocycles. The van der Waals surface area contributed by atoms with Gasteiger partial charge in [-0.3, -0.25) is 0 Å². The van der Waals surface area contributed by atoms with Crippen molar-refractivity contribution in [1.29, 1.82) is 0 Å². The van der Waals surface area contributed by atoms with E-state index in [1.165, 1.54) is 6.07 Å². The van der Waals surface area contributed by atoms with Gasteiger partial charge < -0.3 is 10.5 Å². The Labute approximate surface area is 135 Å². The molecular formula is C13H9Br3FNO. The lowest BCUT2D eigenvalue weighted by Gasteiger charge is -2.11. The normalized spacial score (nSPS) is 10.5. The van der Waals surface area contributed by atoms with Crippen LogP contribution in [0.1, 0.15) is 5.56 Å². The third-order valence-corrected chi connectivity index (χ3v) is 4.17. The first kappa shape index (κ1) is 14.8. The molecule has 0 saturated carbocycles. The second-order valence-corrected chi connectivity index (χ2v) is 6.41. The Morgan fingerprint density at radius 3 is 2.21 bits per heavy atom. The van der Waals surface area contributed by atoms with Crippen LogP contribution in [0.3, 0.4) is 0 Å². The fourth-order valence-electron chi connectivity index (χ4n) is 1.50. The lowest BCUT2D eigenvalue weighted by molar-refractivity contribution is 0.302. The number of anilines is 1. The zero-order valence-electron chi connectivity index (χ0n) is 9.59. The molecule has 0 aliphatic carbocycles. The van der Waals surface area contributed by atoms with Crippen molar-refractivity contribution in [3.05, 3.63) is 55.1 Å². The second kappa shape index (κ2) is 6.24. The van der Waals surface area contributed by atoms with Gasteiger partial charge in [0, 0.05) is 5.69 Å². The predicted octanol–water partition coefficient (Wildman–Crippen LogP) is 5.27. The Balaban J connectivity index is 2.16. The van der Waals surface area contributed by atoms with Gasteiger partial charge in [0.15, 0.2) is 0 Å². The standard InChI is InChI=1S/C13H9Br3FNO/c14-9-3-7(1-2-12(9)17)6-19-13-10(15)4-8(18)5-11(13)16/h1-5H,6,18H2. The van der Waals surface area contributed by atoms with Gasteiger partial charge in [0.2, 0.25) is 0 Å². The fraction of sp³-hybridized carbons (Fsp3) is 0.0769. The summed E-state index contributed by atoms with van der Waals surface area (Å²) in [6.07, 6.45) is 0. The summed E-state index contributed by atoms with van der Waals surface area (Å²) in [5, 5.41) is 0. The van der Waals surface area contributed by atoms with E-state index in [4.69, 9.17) is 10.5 Å². The van der Waals surface area contributed by atoms with Gasteiger partial charge in [0.05, 0.1) is 13.4 Å². The number of benzene rings is 2. The molecule has 0 spiro atoms. The molecule has 0 atom stereocenters. The van der Waals surface area contributed by atoms with E-state index in [1.54, 1.807) is 24.3 Å². The predicted molar refractivity (Wildman–Crippen MR) is 84.7 cm³/mol. The van der Waals surface area contributed by atoms with Crippen LogP contribution in [-0.4, -0.2) is 0 Å². The molecular weight excluding hydrogens is 445 g/mol. The smallest absolute Gasteiger partial charge is 0.148 e. The van der Waals surface area contributed by atoms with Gasteiger partial charge in [0.25, 0.3) is 0 Å². The number of nitrogens with two attached hydrogens (primary N) is 1. The average Bonchev–Trinajstić information content (AvgIpc) is 2.32. The lowest BCUT2D eigenvalue weighted by atomic mass is 10.2. The van der Waals surface area contributed by atoms with Gasteiger partial charge in [-0.25, -0.2) is 4.39 Å². The van der Waals surface area contributed by atoms with Gasteiger partial charge in [-0.05, 0) is 77.6 Å². The number of halogens is 4. The number of nitrogen functional groups attached to an aromatic ring is 1. The molecule has 0 unspecified atom stereocenters. The molecule has 19 heavy (non-hydrogen) atoms. The van der Waals surface area contributed by atoms with Crippen LogP contribution in [0, 0.1) is 5.82 Å². The highest BCUT2D eigenvalue weighted by Crippen LogP contribution is 2.36.